The topological polar surface area (TPSA) is 42.0 Å². The lowest BCUT2D eigenvalue weighted by molar-refractivity contribution is 0.0931. The van der Waals surface area contributed by atoms with Crippen LogP contribution in [0.25, 0.3) is 0 Å². The van der Waals surface area contributed by atoms with Crippen molar-refractivity contribution in [1.29, 1.82) is 0 Å². The van der Waals surface area contributed by atoms with Gasteiger partial charge in [0, 0.05) is 18.7 Å². The zero-order valence-electron chi connectivity index (χ0n) is 6.87. The van der Waals surface area contributed by atoms with Crippen LogP contribution >= 0.6 is 0 Å². The zero-order valence-corrected chi connectivity index (χ0v) is 6.87. The van der Waals surface area contributed by atoms with Crippen molar-refractivity contribution in [2.45, 2.75) is 6.92 Å². The number of aromatic nitrogens is 1. The molecule has 1 atom stereocenters. The highest BCUT2D eigenvalue weighted by molar-refractivity contribution is 6.03. The van der Waals surface area contributed by atoms with E-state index >= 15 is 0 Å². The van der Waals surface area contributed by atoms with Crippen LogP contribution in [0.1, 0.15) is 17.3 Å². The highest BCUT2D eigenvalue weighted by Gasteiger charge is 2.23. The molecule has 0 bridgehead atoms. The normalized spacial score (nSPS) is 21.4. The van der Waals surface area contributed by atoms with Crippen LogP contribution in [0.15, 0.2) is 18.3 Å². The third kappa shape index (κ3) is 0.978. The van der Waals surface area contributed by atoms with Gasteiger partial charge in [-0.1, -0.05) is 6.92 Å². The number of anilines is 1. The number of carbonyl (C=O) groups excluding carboxylic acids is 1. The predicted molar refractivity (Wildman–Crippen MR) is 46.2 cm³/mol. The molecule has 3 heteroatoms. The molecule has 0 aliphatic carbocycles. The molecule has 0 amide bonds. The number of ketones is 1. The molecule has 0 radical (unpaired) electrons. The first kappa shape index (κ1) is 7.28. The number of nitrogens with one attached hydrogen (secondary N) is 1. The average molecular weight is 162 g/mol. The van der Waals surface area contributed by atoms with Crippen molar-refractivity contribution in [3.8, 4) is 0 Å². The van der Waals surface area contributed by atoms with Crippen molar-refractivity contribution in [1.82, 2.24) is 4.98 Å². The van der Waals surface area contributed by atoms with Gasteiger partial charge in [0.25, 0.3) is 0 Å². The summed E-state index contributed by atoms with van der Waals surface area (Å²) in [5.74, 6) is 0.985. The Bertz CT molecular complexity index is 322. The van der Waals surface area contributed by atoms with Gasteiger partial charge < -0.3 is 5.32 Å². The summed E-state index contributed by atoms with van der Waals surface area (Å²) in [7, 11) is 0. The molecule has 2 heterocycles. The number of carbonyl (C=O) groups is 1. The van der Waals surface area contributed by atoms with Gasteiger partial charge in [0.15, 0.2) is 5.78 Å². The molecule has 1 aliphatic heterocycles. The molecule has 0 spiro atoms. The second kappa shape index (κ2) is 2.59. The van der Waals surface area contributed by atoms with Crippen LogP contribution in [0.5, 0.6) is 0 Å². The summed E-state index contributed by atoms with van der Waals surface area (Å²) in [4.78, 5) is 15.6. The summed E-state index contributed by atoms with van der Waals surface area (Å²) >= 11 is 0. The fourth-order valence-electron chi connectivity index (χ4n) is 1.35. The molecule has 1 aliphatic rings. The molecule has 1 unspecified atom stereocenters. The number of nitrogens with zero attached hydrogens (tertiary/aromatic N) is 1. The Morgan fingerprint density at radius 3 is 3.33 bits per heavy atom. The molecule has 3 nitrogen and oxygen atoms in total. The molecule has 2 rings (SSSR count). The maximum Gasteiger partial charge on any atom is 0.171 e. The van der Waals surface area contributed by atoms with Crippen molar-refractivity contribution in [2.75, 3.05) is 11.9 Å². The summed E-state index contributed by atoms with van der Waals surface area (Å²) in [6, 6.07) is 3.60. The molecule has 62 valence electrons. The Morgan fingerprint density at radius 2 is 2.50 bits per heavy atom. The number of Topliss-reactive ketones (excluding diaryl/α,β-unsaturated/α-hetero) is 1. The highest BCUT2D eigenvalue weighted by atomic mass is 16.1. The van der Waals surface area contributed by atoms with E-state index < -0.39 is 0 Å². The number of rotatable bonds is 0. The number of fused-ring (bicyclic) bond motifs is 1. The molecule has 0 fully saturated rings. The maximum atomic E-state index is 11.5. The monoisotopic (exact) mass is 162 g/mol. The van der Waals surface area contributed by atoms with Gasteiger partial charge >= 0.3 is 0 Å². The summed E-state index contributed by atoms with van der Waals surface area (Å²) in [5, 5.41) is 3.11. The van der Waals surface area contributed by atoms with E-state index in [2.05, 4.69) is 10.3 Å². The Labute approximate surface area is 70.8 Å². The van der Waals surface area contributed by atoms with Gasteiger partial charge in [-0.25, -0.2) is 4.98 Å². The Hall–Kier alpha value is -1.38. The minimum atomic E-state index is 0.0710. The van der Waals surface area contributed by atoms with Gasteiger partial charge in [0.05, 0.1) is 5.56 Å². The first-order valence-electron chi connectivity index (χ1n) is 4.02. The van der Waals surface area contributed by atoms with E-state index in [0.717, 1.165) is 11.4 Å². The van der Waals surface area contributed by atoms with Crippen LogP contribution in [0.4, 0.5) is 5.82 Å². The molecule has 1 aromatic heterocycles. The summed E-state index contributed by atoms with van der Waals surface area (Å²) in [6.45, 7) is 2.62. The van der Waals surface area contributed by atoms with Gasteiger partial charge in [-0.05, 0) is 12.1 Å². The highest BCUT2D eigenvalue weighted by Crippen LogP contribution is 2.21. The zero-order chi connectivity index (χ0) is 8.55. The Balaban J connectivity index is 2.49. The summed E-state index contributed by atoms with van der Waals surface area (Å²) in [6.07, 6.45) is 1.69. The fourth-order valence-corrected chi connectivity index (χ4v) is 1.35. The summed E-state index contributed by atoms with van der Waals surface area (Å²) < 4.78 is 0. The van der Waals surface area contributed by atoms with E-state index in [0.29, 0.717) is 6.54 Å². The van der Waals surface area contributed by atoms with Crippen molar-refractivity contribution >= 4 is 11.6 Å². The fraction of sp³-hybridized carbons (Fsp3) is 0.333. The number of pyridine rings is 1. The van der Waals surface area contributed by atoms with E-state index in [4.69, 9.17) is 0 Å². The SMILES string of the molecule is CC1CNc2ncccc2C1=O. The first-order valence-corrected chi connectivity index (χ1v) is 4.02. The second-order valence-electron chi connectivity index (χ2n) is 3.05. The third-order valence-corrected chi connectivity index (χ3v) is 2.10. The van der Waals surface area contributed by atoms with E-state index in [9.17, 15) is 4.79 Å². The Morgan fingerprint density at radius 1 is 1.67 bits per heavy atom. The molecule has 12 heavy (non-hydrogen) atoms. The minimum absolute atomic E-state index is 0.0710. The van der Waals surface area contributed by atoms with Gasteiger partial charge in [0.1, 0.15) is 5.82 Å². The van der Waals surface area contributed by atoms with Gasteiger partial charge in [-0.2, -0.15) is 0 Å². The van der Waals surface area contributed by atoms with E-state index in [1.165, 1.54) is 0 Å². The minimum Gasteiger partial charge on any atom is -0.369 e. The molecular weight excluding hydrogens is 152 g/mol. The van der Waals surface area contributed by atoms with Gasteiger partial charge in [-0.15, -0.1) is 0 Å². The maximum absolute atomic E-state index is 11.5. The lowest BCUT2D eigenvalue weighted by atomic mass is 9.96. The molecule has 1 N–H and O–H groups in total. The predicted octanol–water partition coefficient (Wildman–Crippen LogP) is 1.33. The molecule has 0 aromatic carbocycles. The van der Waals surface area contributed by atoms with Crippen LogP contribution in [-0.2, 0) is 0 Å². The molecule has 0 saturated heterocycles. The van der Waals surface area contributed by atoms with Crippen molar-refractivity contribution in [3.63, 3.8) is 0 Å². The van der Waals surface area contributed by atoms with E-state index in [-0.39, 0.29) is 11.7 Å². The van der Waals surface area contributed by atoms with Crippen LogP contribution < -0.4 is 5.32 Å². The van der Waals surface area contributed by atoms with Crippen molar-refractivity contribution < 1.29 is 4.79 Å². The van der Waals surface area contributed by atoms with E-state index in [1.54, 1.807) is 12.3 Å². The number of hydrogen-bond acceptors (Lipinski definition) is 3. The molecular formula is C9H10N2O. The van der Waals surface area contributed by atoms with Crippen LogP contribution in [0.2, 0.25) is 0 Å². The van der Waals surface area contributed by atoms with Crippen LogP contribution in [0.3, 0.4) is 0 Å². The lowest BCUT2D eigenvalue weighted by Gasteiger charge is -2.20. The first-order chi connectivity index (χ1) is 5.79. The van der Waals surface area contributed by atoms with E-state index in [1.807, 2.05) is 13.0 Å². The number of hydrogen-bond donors (Lipinski definition) is 1. The Kier molecular flexibility index (Phi) is 1.57. The van der Waals surface area contributed by atoms with Crippen LogP contribution in [-0.4, -0.2) is 17.3 Å². The molecule has 1 aromatic rings. The second-order valence-corrected chi connectivity index (χ2v) is 3.05. The lowest BCUT2D eigenvalue weighted by Crippen LogP contribution is -2.27. The average Bonchev–Trinajstić information content (AvgIpc) is 2.12. The van der Waals surface area contributed by atoms with Gasteiger partial charge in [0.2, 0.25) is 0 Å². The summed E-state index contributed by atoms with van der Waals surface area (Å²) in [5.41, 5.74) is 0.719. The standard InChI is InChI=1S/C9H10N2O/c1-6-5-11-9-7(8(6)12)3-2-4-10-9/h2-4,6H,5H2,1H3,(H,10,11). The smallest absolute Gasteiger partial charge is 0.171 e. The van der Waals surface area contributed by atoms with Crippen LogP contribution in [0, 0.1) is 5.92 Å². The van der Waals surface area contributed by atoms with Crippen molar-refractivity contribution in [3.05, 3.63) is 23.9 Å². The third-order valence-electron chi connectivity index (χ3n) is 2.10. The van der Waals surface area contributed by atoms with Crippen molar-refractivity contribution in [2.24, 2.45) is 5.92 Å². The molecule has 0 saturated carbocycles. The quantitative estimate of drug-likeness (QED) is 0.625. The largest absolute Gasteiger partial charge is 0.369 e. The van der Waals surface area contributed by atoms with Gasteiger partial charge in [-0.3, -0.25) is 4.79 Å².